The van der Waals surface area contributed by atoms with Crippen LogP contribution in [0.25, 0.3) is 0 Å². The maximum atomic E-state index is 13.4. The van der Waals surface area contributed by atoms with Crippen LogP contribution in [0.3, 0.4) is 0 Å². The van der Waals surface area contributed by atoms with Crippen LogP contribution in [0.2, 0.25) is 0 Å². The van der Waals surface area contributed by atoms with Crippen molar-refractivity contribution in [3.05, 3.63) is 29.8 Å². The number of nitrogens with zero attached hydrogens (tertiary/aromatic N) is 2. The summed E-state index contributed by atoms with van der Waals surface area (Å²) in [6.07, 6.45) is -1.43. The molecule has 1 heterocycles. The van der Waals surface area contributed by atoms with Crippen molar-refractivity contribution < 1.29 is 26.4 Å². The number of alkyl halides is 3. The Kier molecular flexibility index (Phi) is 8.11. The molecule has 3 rings (SSSR count). The highest BCUT2D eigenvalue weighted by molar-refractivity contribution is 7.89. The van der Waals surface area contributed by atoms with Crippen LogP contribution in [0.5, 0.6) is 0 Å². The summed E-state index contributed by atoms with van der Waals surface area (Å²) in [6.45, 7) is 7.77. The molecule has 2 fully saturated rings. The number of carbonyl (C=O) groups excluding carboxylic acids is 1. The normalized spacial score (nSPS) is 19.8. The maximum Gasteiger partial charge on any atom is 0.416 e. The average Bonchev–Trinajstić information content (AvgIpc) is 3.58. The zero-order chi connectivity index (χ0) is 24.4. The third-order valence-corrected chi connectivity index (χ3v) is 8.32. The third kappa shape index (κ3) is 6.27. The highest BCUT2D eigenvalue weighted by Crippen LogP contribution is 2.38. The number of benzene rings is 1. The zero-order valence-electron chi connectivity index (χ0n) is 19.4. The van der Waals surface area contributed by atoms with E-state index in [-0.39, 0.29) is 28.9 Å². The van der Waals surface area contributed by atoms with E-state index in [1.165, 1.54) is 10.4 Å². The molecule has 1 aromatic carbocycles. The van der Waals surface area contributed by atoms with E-state index < -0.39 is 21.8 Å². The Morgan fingerprint density at radius 1 is 1.15 bits per heavy atom. The Labute approximate surface area is 194 Å². The molecule has 1 unspecified atom stereocenters. The van der Waals surface area contributed by atoms with Crippen molar-refractivity contribution in [2.24, 2.45) is 5.92 Å². The van der Waals surface area contributed by atoms with Crippen molar-refractivity contribution in [1.82, 2.24) is 14.5 Å². The molecule has 1 N–H and O–H groups in total. The molecule has 1 atom stereocenters. The first-order chi connectivity index (χ1) is 15.4. The lowest BCUT2D eigenvalue weighted by Crippen LogP contribution is -2.54. The van der Waals surface area contributed by atoms with Gasteiger partial charge in [0.15, 0.2) is 0 Å². The summed E-state index contributed by atoms with van der Waals surface area (Å²) >= 11 is 0. The van der Waals surface area contributed by atoms with Crippen molar-refractivity contribution in [2.75, 3.05) is 19.6 Å². The largest absolute Gasteiger partial charge is 0.416 e. The van der Waals surface area contributed by atoms with Gasteiger partial charge in [0.05, 0.1) is 16.5 Å². The second-order valence-electron chi connectivity index (χ2n) is 9.42. The Hall–Kier alpha value is -1.65. The topological polar surface area (TPSA) is 69.7 Å². The molecule has 0 radical (unpaired) electrons. The highest BCUT2D eigenvalue weighted by Gasteiger charge is 2.44. The predicted molar refractivity (Wildman–Crippen MR) is 120 cm³/mol. The second-order valence-corrected chi connectivity index (χ2v) is 11.3. The number of piperidine rings is 1. The van der Waals surface area contributed by atoms with Crippen LogP contribution in [0.4, 0.5) is 13.2 Å². The van der Waals surface area contributed by atoms with Gasteiger partial charge in [0, 0.05) is 31.7 Å². The first-order valence-corrected chi connectivity index (χ1v) is 13.1. The molecular weight excluding hydrogens is 455 g/mol. The zero-order valence-corrected chi connectivity index (χ0v) is 20.3. The number of nitrogens with one attached hydrogen (secondary N) is 1. The Morgan fingerprint density at radius 3 is 2.27 bits per heavy atom. The Morgan fingerprint density at radius 2 is 1.76 bits per heavy atom. The predicted octanol–water partition coefficient (Wildman–Crippen LogP) is 3.87. The fourth-order valence-electron chi connectivity index (χ4n) is 4.46. The van der Waals surface area contributed by atoms with Crippen molar-refractivity contribution in [2.45, 2.75) is 82.1 Å². The van der Waals surface area contributed by atoms with Crippen molar-refractivity contribution in [3.8, 4) is 0 Å². The van der Waals surface area contributed by atoms with Gasteiger partial charge < -0.3 is 5.32 Å². The smallest absolute Gasteiger partial charge is 0.354 e. The van der Waals surface area contributed by atoms with Crippen LogP contribution in [-0.4, -0.2) is 61.3 Å². The molecule has 1 aliphatic heterocycles. The molecule has 0 aromatic heterocycles. The number of hydrogen-bond donors (Lipinski definition) is 1. The van der Waals surface area contributed by atoms with Gasteiger partial charge in [-0.1, -0.05) is 26.8 Å². The molecule has 33 heavy (non-hydrogen) atoms. The molecule has 2 aliphatic rings. The van der Waals surface area contributed by atoms with Crippen LogP contribution in [0, 0.1) is 5.92 Å². The quantitative estimate of drug-likeness (QED) is 0.572. The van der Waals surface area contributed by atoms with Crippen LogP contribution in [-0.2, 0) is 21.0 Å². The minimum Gasteiger partial charge on any atom is -0.354 e. The highest BCUT2D eigenvalue weighted by atomic mass is 32.2. The number of amides is 1. The lowest BCUT2D eigenvalue weighted by atomic mass is 10.0. The van der Waals surface area contributed by atoms with Gasteiger partial charge in [-0.05, 0) is 56.2 Å². The number of halogens is 3. The van der Waals surface area contributed by atoms with E-state index in [1.807, 2.05) is 20.8 Å². The van der Waals surface area contributed by atoms with E-state index in [0.29, 0.717) is 57.7 Å². The average molecular weight is 490 g/mol. The standard InChI is InChI=1S/C23H34F3N3O3S/c1-4-21(22(30)27-15-16(2)3)28-12-10-19(11-13-28)29(18-8-9-18)33(31,32)20-7-5-6-17(14-20)23(24,25)26/h5-7,14,16,18-19,21H,4,8-13,15H2,1-3H3,(H,27,30). The van der Waals surface area contributed by atoms with Crippen molar-refractivity contribution >= 4 is 15.9 Å². The number of carbonyl (C=O) groups is 1. The Bertz CT molecular complexity index is 924. The lowest BCUT2D eigenvalue weighted by molar-refractivity contribution is -0.137. The summed E-state index contributed by atoms with van der Waals surface area (Å²) in [5, 5.41) is 2.98. The molecule has 0 spiro atoms. The molecule has 186 valence electrons. The van der Waals surface area contributed by atoms with E-state index in [4.69, 9.17) is 0 Å². The van der Waals surface area contributed by atoms with Gasteiger partial charge in [-0.15, -0.1) is 0 Å². The van der Waals surface area contributed by atoms with Gasteiger partial charge in [-0.25, -0.2) is 8.42 Å². The lowest BCUT2D eigenvalue weighted by Gasteiger charge is -2.40. The van der Waals surface area contributed by atoms with E-state index in [1.54, 1.807) is 0 Å². The molecule has 6 nitrogen and oxygen atoms in total. The fraction of sp³-hybridized carbons (Fsp3) is 0.696. The third-order valence-electron chi connectivity index (χ3n) is 6.32. The van der Waals surface area contributed by atoms with Crippen molar-refractivity contribution in [3.63, 3.8) is 0 Å². The van der Waals surface area contributed by atoms with Crippen LogP contribution >= 0.6 is 0 Å². The first-order valence-electron chi connectivity index (χ1n) is 11.7. The molecule has 1 saturated carbocycles. The minimum atomic E-state index is -4.60. The SMILES string of the molecule is CCC(C(=O)NCC(C)C)N1CCC(N(C2CC2)S(=O)(=O)c2cccc(C(F)(F)F)c2)CC1. The van der Waals surface area contributed by atoms with E-state index >= 15 is 0 Å². The summed E-state index contributed by atoms with van der Waals surface area (Å²) in [5.74, 6) is 0.339. The summed E-state index contributed by atoms with van der Waals surface area (Å²) < 4.78 is 67.7. The van der Waals surface area contributed by atoms with Gasteiger partial charge in [0.2, 0.25) is 15.9 Å². The van der Waals surface area contributed by atoms with Gasteiger partial charge in [0.1, 0.15) is 0 Å². The number of rotatable bonds is 9. The fourth-order valence-corrected chi connectivity index (χ4v) is 6.43. The minimum absolute atomic E-state index is 0.0136. The summed E-state index contributed by atoms with van der Waals surface area (Å²) in [4.78, 5) is 14.4. The van der Waals surface area contributed by atoms with Gasteiger partial charge in [-0.3, -0.25) is 9.69 Å². The first kappa shape index (κ1) is 26.0. The van der Waals surface area contributed by atoms with Gasteiger partial charge in [-0.2, -0.15) is 17.5 Å². The van der Waals surface area contributed by atoms with Crippen molar-refractivity contribution in [1.29, 1.82) is 0 Å². The summed E-state index contributed by atoms with van der Waals surface area (Å²) in [7, 11) is -4.06. The number of hydrogen-bond acceptors (Lipinski definition) is 4. The maximum absolute atomic E-state index is 13.4. The van der Waals surface area contributed by atoms with Crippen LogP contribution in [0.15, 0.2) is 29.2 Å². The van der Waals surface area contributed by atoms with E-state index in [0.717, 1.165) is 18.2 Å². The molecule has 1 aromatic rings. The Balaban J connectivity index is 1.73. The van der Waals surface area contributed by atoms with Crippen LogP contribution < -0.4 is 5.32 Å². The molecule has 1 amide bonds. The van der Waals surface area contributed by atoms with E-state index in [9.17, 15) is 26.4 Å². The number of likely N-dealkylation sites (tertiary alicyclic amines) is 1. The van der Waals surface area contributed by atoms with Crippen LogP contribution in [0.1, 0.15) is 58.4 Å². The molecule has 0 bridgehead atoms. The monoisotopic (exact) mass is 489 g/mol. The second kappa shape index (κ2) is 10.3. The van der Waals surface area contributed by atoms with E-state index in [2.05, 4.69) is 10.2 Å². The van der Waals surface area contributed by atoms with Gasteiger partial charge in [0.25, 0.3) is 0 Å². The van der Waals surface area contributed by atoms with Gasteiger partial charge >= 0.3 is 6.18 Å². The molecule has 10 heteroatoms. The summed E-state index contributed by atoms with van der Waals surface area (Å²) in [5.41, 5.74) is -0.965. The summed E-state index contributed by atoms with van der Waals surface area (Å²) in [6, 6.07) is 3.27. The molecule has 1 aliphatic carbocycles. The molecule has 1 saturated heterocycles. The number of sulfonamides is 1. The molecular formula is C23H34F3N3O3S.